The minimum absolute atomic E-state index is 0.0312. The van der Waals surface area contributed by atoms with Crippen LogP contribution in [0.4, 0.5) is 0 Å². The maximum Gasteiger partial charge on any atom is 0.342 e. The number of carbonyl (C=O) groups is 1. The zero-order valence-electron chi connectivity index (χ0n) is 16.3. The van der Waals surface area contributed by atoms with E-state index in [0.717, 1.165) is 11.1 Å². The van der Waals surface area contributed by atoms with Crippen LogP contribution in [0.2, 0.25) is 0 Å². The van der Waals surface area contributed by atoms with E-state index in [4.69, 9.17) is 18.9 Å². The maximum absolute atomic E-state index is 12.5. The molecule has 0 aromatic heterocycles. The van der Waals surface area contributed by atoms with Crippen LogP contribution in [-0.4, -0.2) is 26.0 Å². The number of esters is 1. The van der Waals surface area contributed by atoms with Crippen LogP contribution in [0.25, 0.3) is 0 Å². The molecule has 29 heavy (non-hydrogen) atoms. The molecule has 3 aromatic carbocycles. The minimum atomic E-state index is -0.700. The molecule has 5 heteroatoms. The molecule has 0 aliphatic carbocycles. The van der Waals surface area contributed by atoms with E-state index in [2.05, 4.69) is 0 Å². The first-order chi connectivity index (χ1) is 14.3. The van der Waals surface area contributed by atoms with Gasteiger partial charge in [0.25, 0.3) is 0 Å². The second kappa shape index (κ2) is 11.0. The molecule has 3 aromatic rings. The highest BCUT2D eigenvalue weighted by Gasteiger charge is 2.17. The summed E-state index contributed by atoms with van der Waals surface area (Å²) in [5.41, 5.74) is 2.38. The average Bonchev–Trinajstić information content (AvgIpc) is 2.79. The fourth-order valence-corrected chi connectivity index (χ4v) is 2.71. The Hall–Kier alpha value is -3.15. The summed E-state index contributed by atoms with van der Waals surface area (Å²) in [6.07, 6.45) is -0.700. The zero-order chi connectivity index (χ0) is 20.3. The monoisotopic (exact) mass is 392 g/mol. The number of ether oxygens (including phenoxy) is 4. The van der Waals surface area contributed by atoms with Gasteiger partial charge in [-0.05, 0) is 23.3 Å². The Labute approximate surface area is 170 Å². The molecule has 0 aliphatic rings. The van der Waals surface area contributed by atoms with Crippen molar-refractivity contribution in [2.24, 2.45) is 0 Å². The highest BCUT2D eigenvalue weighted by molar-refractivity contribution is 5.92. The molecule has 3 rings (SSSR count). The standard InChI is InChI=1S/C24H24O5/c1-26-22-15-9-8-14-21(22)24(25)29-18-23(27-16-19-10-4-2-5-11-19)28-17-20-12-6-3-7-13-20/h2-15,23H,16-18H2,1H3. The lowest BCUT2D eigenvalue weighted by atomic mass is 10.2. The van der Waals surface area contributed by atoms with Gasteiger partial charge < -0.3 is 18.9 Å². The minimum Gasteiger partial charge on any atom is -0.496 e. The smallest absolute Gasteiger partial charge is 0.342 e. The second-order valence-corrected chi connectivity index (χ2v) is 6.32. The number of hydrogen-bond donors (Lipinski definition) is 0. The Kier molecular flexibility index (Phi) is 7.81. The van der Waals surface area contributed by atoms with Crippen molar-refractivity contribution in [1.29, 1.82) is 0 Å². The zero-order valence-corrected chi connectivity index (χ0v) is 16.3. The van der Waals surface area contributed by atoms with Gasteiger partial charge in [0, 0.05) is 0 Å². The molecule has 0 spiro atoms. The molecule has 0 heterocycles. The SMILES string of the molecule is COc1ccccc1C(=O)OCC(OCc1ccccc1)OCc1ccccc1. The number of carbonyl (C=O) groups excluding carboxylic acids is 1. The predicted molar refractivity (Wildman–Crippen MR) is 110 cm³/mol. The van der Waals surface area contributed by atoms with Crippen LogP contribution < -0.4 is 4.74 Å². The number of para-hydroxylation sites is 1. The van der Waals surface area contributed by atoms with Gasteiger partial charge in [-0.3, -0.25) is 0 Å². The molecule has 0 amide bonds. The second-order valence-electron chi connectivity index (χ2n) is 6.32. The van der Waals surface area contributed by atoms with Crippen molar-refractivity contribution in [3.8, 4) is 5.75 Å². The fourth-order valence-electron chi connectivity index (χ4n) is 2.71. The lowest BCUT2D eigenvalue weighted by molar-refractivity contribution is -0.176. The Morgan fingerprint density at radius 2 is 1.28 bits per heavy atom. The highest BCUT2D eigenvalue weighted by atomic mass is 16.7. The van der Waals surface area contributed by atoms with E-state index in [0.29, 0.717) is 24.5 Å². The van der Waals surface area contributed by atoms with Crippen molar-refractivity contribution in [1.82, 2.24) is 0 Å². The molecule has 0 radical (unpaired) electrons. The van der Waals surface area contributed by atoms with Crippen LogP contribution in [0, 0.1) is 0 Å². The molecule has 0 saturated carbocycles. The van der Waals surface area contributed by atoms with Crippen LogP contribution in [0.5, 0.6) is 5.75 Å². The topological polar surface area (TPSA) is 54.0 Å². The molecule has 0 unspecified atom stereocenters. The van der Waals surface area contributed by atoms with Crippen LogP contribution in [-0.2, 0) is 27.4 Å². The number of hydrogen-bond acceptors (Lipinski definition) is 5. The third-order valence-corrected chi connectivity index (χ3v) is 4.23. The van der Waals surface area contributed by atoms with Gasteiger partial charge in [0.15, 0.2) is 6.29 Å². The van der Waals surface area contributed by atoms with Gasteiger partial charge in [0.1, 0.15) is 17.9 Å². The summed E-state index contributed by atoms with van der Waals surface area (Å²) in [7, 11) is 1.51. The highest BCUT2D eigenvalue weighted by Crippen LogP contribution is 2.18. The molecule has 0 fully saturated rings. The first kappa shape index (κ1) is 20.6. The predicted octanol–water partition coefficient (Wildman–Crippen LogP) is 4.61. The van der Waals surface area contributed by atoms with E-state index >= 15 is 0 Å². The van der Waals surface area contributed by atoms with Crippen molar-refractivity contribution < 1.29 is 23.7 Å². The number of methoxy groups -OCH3 is 1. The van der Waals surface area contributed by atoms with Gasteiger partial charge in [-0.1, -0.05) is 72.8 Å². The van der Waals surface area contributed by atoms with Crippen molar-refractivity contribution in [2.45, 2.75) is 19.5 Å². The van der Waals surface area contributed by atoms with E-state index < -0.39 is 12.3 Å². The molecule has 150 valence electrons. The van der Waals surface area contributed by atoms with Gasteiger partial charge in [-0.15, -0.1) is 0 Å². The summed E-state index contributed by atoms with van der Waals surface area (Å²) in [6, 6.07) is 26.5. The van der Waals surface area contributed by atoms with Gasteiger partial charge in [-0.25, -0.2) is 4.79 Å². The summed E-state index contributed by atoms with van der Waals surface area (Å²) < 4.78 is 22.4. The van der Waals surface area contributed by atoms with Crippen LogP contribution in [0.3, 0.4) is 0 Å². The fraction of sp³-hybridized carbons (Fsp3) is 0.208. The van der Waals surface area contributed by atoms with Crippen molar-refractivity contribution in [2.75, 3.05) is 13.7 Å². The Morgan fingerprint density at radius 3 is 1.83 bits per heavy atom. The van der Waals surface area contributed by atoms with E-state index in [1.807, 2.05) is 60.7 Å². The number of benzene rings is 3. The summed E-state index contributed by atoms with van der Waals surface area (Å²) >= 11 is 0. The summed E-state index contributed by atoms with van der Waals surface area (Å²) in [4.78, 5) is 12.5. The molecule has 0 aliphatic heterocycles. The van der Waals surface area contributed by atoms with E-state index in [-0.39, 0.29) is 6.61 Å². The molecule has 5 nitrogen and oxygen atoms in total. The number of rotatable bonds is 10. The van der Waals surface area contributed by atoms with E-state index in [1.165, 1.54) is 7.11 Å². The van der Waals surface area contributed by atoms with Gasteiger partial charge in [0.2, 0.25) is 0 Å². The van der Waals surface area contributed by atoms with E-state index in [9.17, 15) is 4.79 Å². The summed E-state index contributed by atoms with van der Waals surface area (Å²) in [6.45, 7) is 0.676. The summed E-state index contributed by atoms with van der Waals surface area (Å²) in [5.74, 6) is -0.0245. The van der Waals surface area contributed by atoms with Crippen molar-refractivity contribution >= 4 is 5.97 Å². The van der Waals surface area contributed by atoms with Gasteiger partial charge in [-0.2, -0.15) is 0 Å². The first-order valence-corrected chi connectivity index (χ1v) is 9.37. The van der Waals surface area contributed by atoms with Crippen molar-refractivity contribution in [3.63, 3.8) is 0 Å². The lowest BCUT2D eigenvalue weighted by Gasteiger charge is -2.19. The molecule has 0 saturated heterocycles. The first-order valence-electron chi connectivity index (χ1n) is 9.37. The van der Waals surface area contributed by atoms with Crippen LogP contribution in [0.1, 0.15) is 21.5 Å². The Balaban J connectivity index is 1.61. The third kappa shape index (κ3) is 6.45. The average molecular weight is 392 g/mol. The summed E-state index contributed by atoms with van der Waals surface area (Å²) in [5, 5.41) is 0. The molecular weight excluding hydrogens is 368 g/mol. The van der Waals surface area contributed by atoms with Crippen LogP contribution in [0.15, 0.2) is 84.9 Å². The normalized spacial score (nSPS) is 10.7. The lowest BCUT2D eigenvalue weighted by Crippen LogP contribution is -2.25. The van der Waals surface area contributed by atoms with E-state index in [1.54, 1.807) is 24.3 Å². The largest absolute Gasteiger partial charge is 0.496 e. The molecular formula is C24H24O5. The Bertz CT molecular complexity index is 837. The van der Waals surface area contributed by atoms with Gasteiger partial charge in [0.05, 0.1) is 20.3 Å². The third-order valence-electron chi connectivity index (χ3n) is 4.23. The van der Waals surface area contributed by atoms with Crippen molar-refractivity contribution in [3.05, 3.63) is 102 Å². The Morgan fingerprint density at radius 1 is 0.759 bits per heavy atom. The molecule has 0 N–H and O–H groups in total. The van der Waals surface area contributed by atoms with Gasteiger partial charge >= 0.3 is 5.97 Å². The van der Waals surface area contributed by atoms with Crippen LogP contribution >= 0.6 is 0 Å². The molecule has 0 bridgehead atoms. The molecule has 0 atom stereocenters. The maximum atomic E-state index is 12.5. The quantitative estimate of drug-likeness (QED) is 0.372.